The van der Waals surface area contributed by atoms with Crippen molar-refractivity contribution in [2.45, 2.75) is 68.7 Å². The first-order valence-corrected chi connectivity index (χ1v) is 15.2. The van der Waals surface area contributed by atoms with Gasteiger partial charge < -0.3 is 29.7 Å². The van der Waals surface area contributed by atoms with Gasteiger partial charge in [-0.2, -0.15) is 0 Å². The molecule has 0 radical (unpaired) electrons. The van der Waals surface area contributed by atoms with Gasteiger partial charge in [0, 0.05) is 30.0 Å². The van der Waals surface area contributed by atoms with Crippen LogP contribution >= 0.6 is 15.9 Å². The minimum Gasteiger partial charge on any atom is -0.460 e. The molecule has 0 aliphatic carbocycles. The predicted molar refractivity (Wildman–Crippen MR) is 161 cm³/mol. The maximum absolute atomic E-state index is 14.5. The quantitative estimate of drug-likeness (QED) is 0.192. The third kappa shape index (κ3) is 5.78. The van der Waals surface area contributed by atoms with E-state index in [2.05, 4.69) is 34.4 Å². The number of fused-ring (bicyclic) bond motifs is 1. The maximum atomic E-state index is 14.5. The molecule has 3 heterocycles. The van der Waals surface area contributed by atoms with E-state index < -0.39 is 47.6 Å². The van der Waals surface area contributed by atoms with E-state index in [9.17, 15) is 24.3 Å². The van der Waals surface area contributed by atoms with Crippen LogP contribution in [0.2, 0.25) is 0 Å². The van der Waals surface area contributed by atoms with Crippen molar-refractivity contribution in [2.75, 3.05) is 31.1 Å². The highest BCUT2D eigenvalue weighted by molar-refractivity contribution is 9.09. The van der Waals surface area contributed by atoms with Gasteiger partial charge in [-0.15, -0.1) is 13.2 Å². The Morgan fingerprint density at radius 2 is 2.05 bits per heavy atom. The number of amides is 3. The Labute approximate surface area is 255 Å². The van der Waals surface area contributed by atoms with Gasteiger partial charge in [0.05, 0.1) is 31.1 Å². The standard InChI is InChI=1S/C31H40BrN3O7/c1-6-8-9-23(37)33-17-20(5)41-30(40)24-25-28(38)35(13-14-36)27(31(25)16-21(32)26(24)42-31)29(39)34(12-7-2)22-15-18(3)10-11-19(22)4/h6-7,10-11,15,20-21,24-27,36H,1-2,8-9,12-14,16-17H2,3-5H3,(H,33,37)/t20-,21?,24+,25-,26+,27+,31-/m1/s1. The molecular formula is C31H40BrN3O7. The van der Waals surface area contributed by atoms with Gasteiger partial charge >= 0.3 is 5.97 Å². The summed E-state index contributed by atoms with van der Waals surface area (Å²) in [5.41, 5.74) is 1.25. The van der Waals surface area contributed by atoms with Gasteiger partial charge in [-0.3, -0.25) is 19.2 Å². The van der Waals surface area contributed by atoms with E-state index in [0.29, 0.717) is 18.5 Å². The van der Waals surface area contributed by atoms with Crippen LogP contribution in [0.25, 0.3) is 0 Å². The van der Waals surface area contributed by atoms with Crippen LogP contribution in [0, 0.1) is 25.7 Å². The van der Waals surface area contributed by atoms with E-state index in [1.165, 1.54) is 4.90 Å². The smallest absolute Gasteiger partial charge is 0.312 e. The second-order valence-corrected chi connectivity index (χ2v) is 12.5. The summed E-state index contributed by atoms with van der Waals surface area (Å²) in [6.07, 6.45) is 3.11. The van der Waals surface area contributed by atoms with Gasteiger partial charge in [-0.1, -0.05) is 40.2 Å². The molecule has 2 bridgehead atoms. The summed E-state index contributed by atoms with van der Waals surface area (Å²) in [4.78, 5) is 56.7. The molecule has 3 fully saturated rings. The van der Waals surface area contributed by atoms with Crippen LogP contribution in [0.3, 0.4) is 0 Å². The topological polar surface area (TPSA) is 125 Å². The second-order valence-electron chi connectivity index (χ2n) is 11.3. The number of ether oxygens (including phenoxy) is 2. The minimum atomic E-state index is -1.29. The van der Waals surface area contributed by atoms with Crippen LogP contribution in [0.15, 0.2) is 43.5 Å². The van der Waals surface area contributed by atoms with Gasteiger partial charge in [0.25, 0.3) is 5.91 Å². The monoisotopic (exact) mass is 645 g/mol. The first-order valence-electron chi connectivity index (χ1n) is 14.3. The molecule has 2 N–H and O–H groups in total. The molecule has 3 aliphatic rings. The zero-order valence-corrected chi connectivity index (χ0v) is 26.0. The van der Waals surface area contributed by atoms with E-state index in [4.69, 9.17) is 9.47 Å². The van der Waals surface area contributed by atoms with Crippen LogP contribution in [0.4, 0.5) is 5.69 Å². The highest BCUT2D eigenvalue weighted by Crippen LogP contribution is 2.60. The number of hydrogen-bond acceptors (Lipinski definition) is 7. The highest BCUT2D eigenvalue weighted by atomic mass is 79.9. The Balaban J connectivity index is 1.64. The number of aryl methyl sites for hydroxylation is 2. The summed E-state index contributed by atoms with van der Waals surface area (Å²) in [6.45, 7) is 12.8. The molecule has 1 aromatic carbocycles. The van der Waals surface area contributed by atoms with Crippen LogP contribution in [0.5, 0.6) is 0 Å². The number of anilines is 1. The SMILES string of the molecule is C=CCCC(=O)NC[C@@H](C)OC(=O)[C@@H]1[C@H]2O[C@@]3(CC2Br)[C@H](C(=O)N(CC=C)c2cc(C)ccc2C)N(CCO)C(=O)[C@@H]13. The number of rotatable bonds is 13. The average Bonchev–Trinajstić information content (AvgIpc) is 3.54. The fourth-order valence-electron chi connectivity index (χ4n) is 6.52. The number of alkyl halides is 1. The second kappa shape index (κ2) is 13.1. The van der Waals surface area contributed by atoms with E-state index in [0.717, 1.165) is 11.1 Å². The van der Waals surface area contributed by atoms with Gasteiger partial charge in [-0.05, 0) is 50.8 Å². The zero-order chi connectivity index (χ0) is 30.8. The van der Waals surface area contributed by atoms with Crippen LogP contribution < -0.4 is 10.2 Å². The first-order chi connectivity index (χ1) is 20.0. The van der Waals surface area contributed by atoms with Gasteiger partial charge in [0.15, 0.2) is 0 Å². The molecular weight excluding hydrogens is 606 g/mol. The number of nitrogens with one attached hydrogen (secondary N) is 1. The molecule has 4 rings (SSSR count). The fourth-order valence-corrected chi connectivity index (χ4v) is 7.46. The molecule has 3 amide bonds. The van der Waals surface area contributed by atoms with Crippen molar-refractivity contribution in [1.29, 1.82) is 0 Å². The number of carbonyl (C=O) groups is 4. The highest BCUT2D eigenvalue weighted by Gasteiger charge is 2.77. The lowest BCUT2D eigenvalue weighted by molar-refractivity contribution is -0.159. The van der Waals surface area contributed by atoms with Crippen molar-refractivity contribution < 1.29 is 33.8 Å². The fraction of sp³-hybridized carbons (Fsp3) is 0.548. The number of nitrogens with zero attached hydrogens (tertiary/aromatic N) is 2. The number of allylic oxidation sites excluding steroid dienone is 1. The summed E-state index contributed by atoms with van der Waals surface area (Å²) in [5.74, 6) is -3.49. The largest absolute Gasteiger partial charge is 0.460 e. The lowest BCUT2D eigenvalue weighted by Crippen LogP contribution is -2.57. The van der Waals surface area contributed by atoms with E-state index in [1.54, 1.807) is 24.0 Å². The van der Waals surface area contributed by atoms with Gasteiger partial charge in [0.2, 0.25) is 11.8 Å². The Kier molecular flexibility index (Phi) is 9.95. The number of hydrogen-bond donors (Lipinski definition) is 2. The van der Waals surface area contributed by atoms with Crippen molar-refractivity contribution in [1.82, 2.24) is 10.2 Å². The number of halogens is 1. The molecule has 0 saturated carbocycles. The maximum Gasteiger partial charge on any atom is 0.312 e. The molecule has 1 aromatic rings. The lowest BCUT2D eigenvalue weighted by atomic mass is 9.70. The third-order valence-corrected chi connectivity index (χ3v) is 9.19. The molecule has 7 atom stereocenters. The number of esters is 1. The minimum absolute atomic E-state index is 0.0852. The summed E-state index contributed by atoms with van der Waals surface area (Å²) in [5, 5.41) is 12.6. The Morgan fingerprint density at radius 3 is 2.71 bits per heavy atom. The summed E-state index contributed by atoms with van der Waals surface area (Å²) >= 11 is 3.65. The van der Waals surface area contributed by atoms with Crippen molar-refractivity contribution in [3.05, 3.63) is 54.6 Å². The molecule has 0 aromatic heterocycles. The van der Waals surface area contributed by atoms with Crippen molar-refractivity contribution in [2.24, 2.45) is 11.8 Å². The number of aliphatic hydroxyl groups excluding tert-OH is 1. The lowest BCUT2D eigenvalue weighted by Gasteiger charge is -2.37. The molecule has 1 spiro atoms. The Morgan fingerprint density at radius 1 is 1.31 bits per heavy atom. The summed E-state index contributed by atoms with van der Waals surface area (Å²) in [6, 6.07) is 4.74. The van der Waals surface area contributed by atoms with Crippen LogP contribution in [-0.2, 0) is 28.7 Å². The number of benzene rings is 1. The van der Waals surface area contributed by atoms with E-state index in [-0.39, 0.29) is 49.3 Å². The van der Waals surface area contributed by atoms with Crippen molar-refractivity contribution in [3.63, 3.8) is 0 Å². The Hall–Kier alpha value is -3.02. The van der Waals surface area contributed by atoms with Crippen LogP contribution in [0.1, 0.15) is 37.3 Å². The number of β-amino-alcohol motifs (C(OH)–C–C–N with tert-alkyl or cyclic N) is 1. The number of likely N-dealkylation sites (tertiary alicyclic amines) is 1. The Bertz CT molecular complexity index is 1250. The van der Waals surface area contributed by atoms with Crippen molar-refractivity contribution >= 4 is 45.3 Å². The molecule has 42 heavy (non-hydrogen) atoms. The molecule has 10 nitrogen and oxygen atoms in total. The average molecular weight is 647 g/mol. The molecule has 1 unspecified atom stereocenters. The summed E-state index contributed by atoms with van der Waals surface area (Å²) < 4.78 is 12.2. The van der Waals surface area contributed by atoms with E-state index in [1.807, 2.05) is 32.0 Å². The molecule has 3 aliphatic heterocycles. The predicted octanol–water partition coefficient (Wildman–Crippen LogP) is 2.58. The molecule has 11 heteroatoms. The molecule has 228 valence electrons. The van der Waals surface area contributed by atoms with Crippen LogP contribution in [-0.4, -0.2) is 88.6 Å². The number of carbonyl (C=O) groups excluding carboxylic acids is 4. The zero-order valence-electron chi connectivity index (χ0n) is 24.4. The first kappa shape index (κ1) is 31.9. The third-order valence-electron chi connectivity index (χ3n) is 8.35. The summed E-state index contributed by atoms with van der Waals surface area (Å²) in [7, 11) is 0. The van der Waals surface area contributed by atoms with Crippen molar-refractivity contribution in [3.8, 4) is 0 Å². The normalized spacial score (nSPS) is 28.3. The van der Waals surface area contributed by atoms with Gasteiger partial charge in [0.1, 0.15) is 17.7 Å². The number of aliphatic hydroxyl groups is 1. The van der Waals surface area contributed by atoms with Gasteiger partial charge in [-0.25, -0.2) is 0 Å². The molecule has 3 saturated heterocycles. The van der Waals surface area contributed by atoms with E-state index >= 15 is 0 Å².